The highest BCUT2D eigenvalue weighted by Gasteiger charge is 2.38. The first kappa shape index (κ1) is 25.8. The predicted octanol–water partition coefficient (Wildman–Crippen LogP) is 12.3. The van der Waals surface area contributed by atoms with Crippen molar-refractivity contribution in [1.29, 1.82) is 0 Å². The fraction of sp³-hybridized carbons (Fsp3) is 0.317. The molecule has 0 amide bonds. The van der Waals surface area contributed by atoms with Crippen molar-refractivity contribution in [2.45, 2.75) is 85.0 Å². The van der Waals surface area contributed by atoms with Gasteiger partial charge in [0.1, 0.15) is 11.2 Å². The van der Waals surface area contributed by atoms with Gasteiger partial charge in [-0.2, -0.15) is 0 Å². The third-order valence-electron chi connectivity index (χ3n) is 10.3. The Kier molecular flexibility index (Phi) is 5.02. The molecule has 1 heterocycles. The van der Waals surface area contributed by atoms with Gasteiger partial charge in [0.05, 0.1) is 0 Å². The molecule has 1 heteroatoms. The normalized spacial score (nSPS) is 14.9. The molecular formula is C41H40O. The maximum absolute atomic E-state index is 6.65. The lowest BCUT2D eigenvalue weighted by molar-refractivity contribution is 0.590. The monoisotopic (exact) mass is 548 g/mol. The second kappa shape index (κ2) is 8.16. The van der Waals surface area contributed by atoms with E-state index >= 15 is 0 Å². The third-order valence-corrected chi connectivity index (χ3v) is 10.3. The molecule has 0 aliphatic heterocycles. The smallest absolute Gasteiger partial charge is 0.136 e. The van der Waals surface area contributed by atoms with E-state index in [4.69, 9.17) is 4.42 Å². The molecule has 42 heavy (non-hydrogen) atoms. The zero-order valence-electron chi connectivity index (χ0n) is 26.4. The standard InChI is InChI=1S/C41H40O/c1-21(2)25-18-31-37-29-16-23(40(5,6)7)14-15-34(29)42-35(37)20-28-26(22(3)4)17-30-36-24-12-10-11-13-32(24)41(8,9)33(36)19-27(25)38(30)39(28)31/h10-22H,1-9H3. The predicted molar refractivity (Wildman–Crippen MR) is 182 cm³/mol. The van der Waals surface area contributed by atoms with E-state index in [-0.39, 0.29) is 10.8 Å². The van der Waals surface area contributed by atoms with Gasteiger partial charge in [0.2, 0.25) is 0 Å². The first-order valence-corrected chi connectivity index (χ1v) is 15.7. The van der Waals surface area contributed by atoms with Crippen LogP contribution >= 0.6 is 0 Å². The zero-order chi connectivity index (χ0) is 29.5. The Balaban J connectivity index is 1.67. The number of hydrogen-bond acceptors (Lipinski definition) is 1. The maximum Gasteiger partial charge on any atom is 0.136 e. The molecule has 1 aliphatic rings. The lowest BCUT2D eigenvalue weighted by Crippen LogP contribution is -2.15. The van der Waals surface area contributed by atoms with Crippen molar-refractivity contribution in [1.82, 2.24) is 0 Å². The van der Waals surface area contributed by atoms with E-state index in [1.165, 1.54) is 82.0 Å². The van der Waals surface area contributed by atoms with Gasteiger partial charge in [0.15, 0.2) is 0 Å². The molecule has 1 aromatic heterocycles. The molecule has 6 aromatic carbocycles. The largest absolute Gasteiger partial charge is 0.456 e. The van der Waals surface area contributed by atoms with Crippen molar-refractivity contribution in [3.05, 3.63) is 94.5 Å². The van der Waals surface area contributed by atoms with Crippen molar-refractivity contribution in [2.75, 3.05) is 0 Å². The Morgan fingerprint density at radius 1 is 0.595 bits per heavy atom. The van der Waals surface area contributed by atoms with Crippen molar-refractivity contribution in [3.63, 3.8) is 0 Å². The van der Waals surface area contributed by atoms with Crippen molar-refractivity contribution < 1.29 is 4.42 Å². The SMILES string of the molecule is CC(C)c1cc2c3c(cc4c(C(C)C)cc5c6c(cc1c5c42)C(C)(C)c1ccccc1-6)oc1ccc(C(C)(C)C)cc13. The third kappa shape index (κ3) is 3.20. The molecule has 0 saturated heterocycles. The molecule has 0 fully saturated rings. The molecule has 0 atom stereocenters. The molecule has 1 nitrogen and oxygen atoms in total. The fourth-order valence-electron chi connectivity index (χ4n) is 8.02. The van der Waals surface area contributed by atoms with Crippen LogP contribution in [0.3, 0.4) is 0 Å². The van der Waals surface area contributed by atoms with Crippen LogP contribution in [0, 0.1) is 0 Å². The second-order valence-electron chi connectivity index (χ2n) is 15.0. The highest BCUT2D eigenvalue weighted by molar-refractivity contribution is 6.35. The molecule has 0 radical (unpaired) electrons. The summed E-state index contributed by atoms with van der Waals surface area (Å²) in [4.78, 5) is 0. The summed E-state index contributed by atoms with van der Waals surface area (Å²) < 4.78 is 6.65. The quantitative estimate of drug-likeness (QED) is 0.196. The number of hydrogen-bond donors (Lipinski definition) is 0. The van der Waals surface area contributed by atoms with Gasteiger partial charge in [-0.1, -0.05) is 92.6 Å². The minimum Gasteiger partial charge on any atom is -0.456 e. The summed E-state index contributed by atoms with van der Waals surface area (Å²) in [7, 11) is 0. The molecule has 7 aromatic rings. The van der Waals surface area contributed by atoms with Gasteiger partial charge in [-0.3, -0.25) is 0 Å². The lowest BCUT2D eigenvalue weighted by Gasteiger charge is -2.25. The summed E-state index contributed by atoms with van der Waals surface area (Å²) in [6, 6.07) is 25.8. The highest BCUT2D eigenvalue weighted by atomic mass is 16.3. The molecule has 8 rings (SSSR count). The van der Waals surface area contributed by atoms with Crippen LogP contribution in [0.5, 0.6) is 0 Å². The van der Waals surface area contributed by atoms with Gasteiger partial charge in [-0.15, -0.1) is 0 Å². The minimum atomic E-state index is -0.0417. The Morgan fingerprint density at radius 2 is 1.24 bits per heavy atom. The van der Waals surface area contributed by atoms with Crippen LogP contribution in [0.1, 0.15) is 102 Å². The van der Waals surface area contributed by atoms with E-state index in [1.807, 2.05) is 0 Å². The Morgan fingerprint density at radius 3 is 1.93 bits per heavy atom. The Labute approximate surface area is 248 Å². The van der Waals surface area contributed by atoms with Crippen LogP contribution in [0.4, 0.5) is 0 Å². The van der Waals surface area contributed by atoms with E-state index < -0.39 is 0 Å². The molecule has 210 valence electrons. The maximum atomic E-state index is 6.65. The van der Waals surface area contributed by atoms with Gasteiger partial charge in [0, 0.05) is 16.2 Å². The van der Waals surface area contributed by atoms with Crippen LogP contribution in [-0.4, -0.2) is 0 Å². The van der Waals surface area contributed by atoms with Crippen LogP contribution in [0.25, 0.3) is 65.4 Å². The fourth-order valence-corrected chi connectivity index (χ4v) is 8.02. The summed E-state index contributed by atoms with van der Waals surface area (Å²) in [5.74, 6) is 0.778. The number of benzene rings is 6. The average molecular weight is 549 g/mol. The molecule has 0 spiro atoms. The van der Waals surface area contributed by atoms with E-state index in [0.717, 1.165) is 11.2 Å². The van der Waals surface area contributed by atoms with Gasteiger partial charge in [0.25, 0.3) is 0 Å². The number of rotatable bonds is 2. The molecule has 0 saturated carbocycles. The molecule has 0 unspecified atom stereocenters. The Bertz CT molecular complexity index is 2240. The number of fused-ring (bicyclic) bond motifs is 8. The summed E-state index contributed by atoms with van der Waals surface area (Å²) >= 11 is 0. The summed E-state index contributed by atoms with van der Waals surface area (Å²) in [5.41, 5.74) is 11.9. The van der Waals surface area contributed by atoms with Crippen LogP contribution in [0.2, 0.25) is 0 Å². The lowest BCUT2D eigenvalue weighted by atomic mass is 9.77. The van der Waals surface area contributed by atoms with E-state index in [0.29, 0.717) is 11.8 Å². The van der Waals surface area contributed by atoms with Crippen LogP contribution in [0.15, 0.2) is 71.1 Å². The van der Waals surface area contributed by atoms with Crippen molar-refractivity contribution in [3.8, 4) is 11.1 Å². The van der Waals surface area contributed by atoms with Crippen LogP contribution in [-0.2, 0) is 10.8 Å². The van der Waals surface area contributed by atoms with E-state index in [2.05, 4.69) is 129 Å². The minimum absolute atomic E-state index is 0.0417. The molecular weight excluding hydrogens is 508 g/mol. The van der Waals surface area contributed by atoms with Gasteiger partial charge < -0.3 is 4.42 Å². The summed E-state index contributed by atoms with van der Waals surface area (Å²) in [6.07, 6.45) is 0. The molecule has 0 N–H and O–H groups in total. The van der Waals surface area contributed by atoms with Gasteiger partial charge >= 0.3 is 0 Å². The average Bonchev–Trinajstić information content (AvgIpc) is 3.41. The van der Waals surface area contributed by atoms with Crippen molar-refractivity contribution in [2.24, 2.45) is 0 Å². The number of furan rings is 1. The topological polar surface area (TPSA) is 13.1 Å². The van der Waals surface area contributed by atoms with E-state index in [1.54, 1.807) is 0 Å². The van der Waals surface area contributed by atoms with E-state index in [9.17, 15) is 0 Å². The summed E-state index contributed by atoms with van der Waals surface area (Å²) in [6.45, 7) is 21.1. The first-order chi connectivity index (χ1) is 19.9. The highest BCUT2D eigenvalue weighted by Crippen LogP contribution is 2.56. The molecule has 0 bridgehead atoms. The van der Waals surface area contributed by atoms with Crippen LogP contribution < -0.4 is 0 Å². The zero-order valence-corrected chi connectivity index (χ0v) is 26.4. The molecule has 1 aliphatic carbocycles. The summed E-state index contributed by atoms with van der Waals surface area (Å²) in [5, 5.41) is 10.8. The Hall–Kier alpha value is -3.84. The van der Waals surface area contributed by atoms with Gasteiger partial charge in [-0.05, 0) is 125 Å². The second-order valence-corrected chi connectivity index (χ2v) is 15.0. The van der Waals surface area contributed by atoms with Gasteiger partial charge in [-0.25, -0.2) is 0 Å². The van der Waals surface area contributed by atoms with Crippen molar-refractivity contribution >= 4 is 54.3 Å². The first-order valence-electron chi connectivity index (χ1n) is 15.7.